The number of ether oxygens (including phenoxy) is 1. The maximum atomic E-state index is 13.1. The third-order valence-electron chi connectivity index (χ3n) is 5.28. The van der Waals surface area contributed by atoms with Gasteiger partial charge in [-0.25, -0.2) is 4.99 Å². The lowest BCUT2D eigenvalue weighted by molar-refractivity contribution is -0.127. The summed E-state index contributed by atoms with van der Waals surface area (Å²) in [6, 6.07) is 14.5. The Morgan fingerprint density at radius 1 is 1.06 bits per heavy atom. The van der Waals surface area contributed by atoms with Crippen LogP contribution in [0.15, 0.2) is 53.0 Å². The van der Waals surface area contributed by atoms with E-state index in [1.807, 2.05) is 36.1 Å². The van der Waals surface area contributed by atoms with Gasteiger partial charge in [-0.3, -0.25) is 4.79 Å². The lowest BCUT2D eigenvalue weighted by Crippen LogP contribution is -2.34. The molecular weight excluding hydrogens is 386 g/mol. The summed E-state index contributed by atoms with van der Waals surface area (Å²) in [6.07, 6.45) is 4.20. The van der Waals surface area contributed by atoms with Gasteiger partial charge in [0.25, 0.3) is 0 Å². The number of hydrogen-bond donors (Lipinski definition) is 1. The monoisotopic (exact) mass is 419 g/mol. The van der Waals surface area contributed by atoms with E-state index in [-0.39, 0.29) is 5.91 Å². The molecule has 5 heteroatoms. The molecule has 0 fully saturated rings. The zero-order valence-corrected chi connectivity index (χ0v) is 18.9. The van der Waals surface area contributed by atoms with Crippen LogP contribution >= 0.6 is 0 Å². The number of fused-ring (bicyclic) bond motifs is 1. The molecule has 0 atom stereocenters. The summed E-state index contributed by atoms with van der Waals surface area (Å²) in [7, 11) is 0. The fraction of sp³-hybridized carbons (Fsp3) is 0.385. The van der Waals surface area contributed by atoms with Crippen molar-refractivity contribution < 1.29 is 9.53 Å². The molecule has 0 unspecified atom stereocenters. The Labute approximate surface area is 185 Å². The molecule has 0 bridgehead atoms. The van der Waals surface area contributed by atoms with Crippen molar-refractivity contribution in [1.82, 2.24) is 4.90 Å². The maximum Gasteiger partial charge on any atom is 0.250 e. The van der Waals surface area contributed by atoms with Gasteiger partial charge in [0.1, 0.15) is 5.84 Å². The standard InChI is InChI=1S/C26H33N3O2/c1-4-12-29(13-5-2)26(30)23-15-22-11-10-21(16-24(22)28-25(27)17-23)20-9-7-8-19(14-20)18-31-6-3/h7-11,14-16H,4-6,12-13,17-18H2,1-3H3,(H2,27,28). The highest BCUT2D eigenvalue weighted by Gasteiger charge is 2.21. The molecule has 0 saturated heterocycles. The van der Waals surface area contributed by atoms with Gasteiger partial charge in [0.05, 0.1) is 12.3 Å². The molecule has 1 amide bonds. The molecule has 1 aliphatic rings. The van der Waals surface area contributed by atoms with Crippen LogP contribution in [0.1, 0.15) is 51.2 Å². The Morgan fingerprint density at radius 3 is 2.52 bits per heavy atom. The quantitative estimate of drug-likeness (QED) is 0.598. The van der Waals surface area contributed by atoms with Crippen LogP contribution in [0.25, 0.3) is 17.2 Å². The minimum atomic E-state index is 0.0578. The van der Waals surface area contributed by atoms with E-state index in [1.165, 1.54) is 0 Å². The lowest BCUT2D eigenvalue weighted by Gasteiger charge is -2.22. The van der Waals surface area contributed by atoms with Crippen molar-refractivity contribution in [3.05, 3.63) is 59.2 Å². The summed E-state index contributed by atoms with van der Waals surface area (Å²) in [4.78, 5) is 19.7. The Balaban J connectivity index is 1.93. The number of aliphatic imine (C=N–C) groups is 1. The van der Waals surface area contributed by atoms with Crippen molar-refractivity contribution in [3.8, 4) is 11.1 Å². The third-order valence-corrected chi connectivity index (χ3v) is 5.28. The maximum absolute atomic E-state index is 13.1. The predicted molar refractivity (Wildman–Crippen MR) is 128 cm³/mol. The number of amidine groups is 1. The number of carbonyl (C=O) groups excluding carboxylic acids is 1. The number of hydrogen-bond acceptors (Lipinski definition) is 4. The smallest absolute Gasteiger partial charge is 0.250 e. The Bertz CT molecular complexity index is 972. The first-order valence-electron chi connectivity index (χ1n) is 11.2. The van der Waals surface area contributed by atoms with Crippen LogP contribution in [0.2, 0.25) is 0 Å². The largest absolute Gasteiger partial charge is 0.387 e. The summed E-state index contributed by atoms with van der Waals surface area (Å²) in [5.41, 5.74) is 11.9. The minimum absolute atomic E-state index is 0.0578. The molecule has 3 rings (SSSR count). The van der Waals surface area contributed by atoms with E-state index in [0.717, 1.165) is 53.9 Å². The van der Waals surface area contributed by atoms with E-state index >= 15 is 0 Å². The fourth-order valence-electron chi connectivity index (χ4n) is 3.83. The summed E-state index contributed by atoms with van der Waals surface area (Å²) in [5, 5.41) is 0. The Morgan fingerprint density at radius 2 is 1.81 bits per heavy atom. The minimum Gasteiger partial charge on any atom is -0.387 e. The first-order valence-corrected chi connectivity index (χ1v) is 11.2. The summed E-state index contributed by atoms with van der Waals surface area (Å²) in [5.74, 6) is 0.524. The van der Waals surface area contributed by atoms with Gasteiger partial charge in [0, 0.05) is 37.3 Å². The Kier molecular flexibility index (Phi) is 8.01. The molecule has 0 aromatic heterocycles. The molecule has 1 aliphatic heterocycles. The average Bonchev–Trinajstić information content (AvgIpc) is 2.94. The van der Waals surface area contributed by atoms with E-state index in [0.29, 0.717) is 31.0 Å². The highest BCUT2D eigenvalue weighted by molar-refractivity contribution is 6.05. The van der Waals surface area contributed by atoms with E-state index in [1.54, 1.807) is 0 Å². The van der Waals surface area contributed by atoms with E-state index in [4.69, 9.17) is 10.5 Å². The molecule has 0 saturated carbocycles. The summed E-state index contributed by atoms with van der Waals surface area (Å²) < 4.78 is 5.54. The SMILES string of the molecule is CCCN(CCC)C(=O)C1=Cc2ccc(-c3cccc(COCC)c3)cc2N=C(N)C1. The zero-order chi connectivity index (χ0) is 22.2. The van der Waals surface area contributed by atoms with Gasteiger partial charge in [-0.15, -0.1) is 0 Å². The third kappa shape index (κ3) is 5.82. The fourth-order valence-corrected chi connectivity index (χ4v) is 3.83. The zero-order valence-electron chi connectivity index (χ0n) is 18.9. The van der Waals surface area contributed by atoms with Gasteiger partial charge in [-0.2, -0.15) is 0 Å². The number of nitrogens with two attached hydrogens (primary N) is 1. The van der Waals surface area contributed by atoms with Crippen LogP contribution in [0.4, 0.5) is 5.69 Å². The highest BCUT2D eigenvalue weighted by Crippen LogP contribution is 2.32. The van der Waals surface area contributed by atoms with Crippen LogP contribution in [0.5, 0.6) is 0 Å². The number of nitrogens with zero attached hydrogens (tertiary/aromatic N) is 2. The Hall–Kier alpha value is -2.92. The molecule has 5 nitrogen and oxygen atoms in total. The first kappa shape index (κ1) is 22.8. The van der Waals surface area contributed by atoms with Crippen molar-refractivity contribution in [2.45, 2.75) is 46.6 Å². The second-order valence-corrected chi connectivity index (χ2v) is 7.85. The van der Waals surface area contributed by atoms with E-state index in [9.17, 15) is 4.79 Å². The molecule has 2 N–H and O–H groups in total. The van der Waals surface area contributed by atoms with Crippen molar-refractivity contribution in [1.29, 1.82) is 0 Å². The molecule has 0 radical (unpaired) electrons. The number of benzene rings is 2. The second-order valence-electron chi connectivity index (χ2n) is 7.85. The van der Waals surface area contributed by atoms with Crippen LogP contribution in [-0.2, 0) is 16.1 Å². The predicted octanol–water partition coefficient (Wildman–Crippen LogP) is 5.31. The molecule has 0 spiro atoms. The number of amides is 1. The number of carbonyl (C=O) groups is 1. The molecule has 0 aliphatic carbocycles. The van der Waals surface area contributed by atoms with Crippen molar-refractivity contribution >= 4 is 23.5 Å². The van der Waals surface area contributed by atoms with Crippen molar-refractivity contribution in [2.75, 3.05) is 19.7 Å². The highest BCUT2D eigenvalue weighted by atomic mass is 16.5. The van der Waals surface area contributed by atoms with Crippen LogP contribution in [0.3, 0.4) is 0 Å². The molecule has 2 aromatic carbocycles. The molecular formula is C26H33N3O2. The summed E-state index contributed by atoms with van der Waals surface area (Å²) in [6.45, 7) is 8.98. The molecule has 2 aromatic rings. The lowest BCUT2D eigenvalue weighted by atomic mass is 9.99. The number of rotatable bonds is 9. The van der Waals surface area contributed by atoms with E-state index in [2.05, 4.69) is 43.1 Å². The van der Waals surface area contributed by atoms with Gasteiger partial charge in [-0.1, -0.05) is 44.2 Å². The van der Waals surface area contributed by atoms with Crippen LogP contribution in [-0.4, -0.2) is 36.3 Å². The van der Waals surface area contributed by atoms with Crippen LogP contribution < -0.4 is 5.73 Å². The molecule has 31 heavy (non-hydrogen) atoms. The van der Waals surface area contributed by atoms with Gasteiger partial charge >= 0.3 is 0 Å². The van der Waals surface area contributed by atoms with Gasteiger partial charge in [0.15, 0.2) is 0 Å². The van der Waals surface area contributed by atoms with Crippen molar-refractivity contribution in [3.63, 3.8) is 0 Å². The van der Waals surface area contributed by atoms with Gasteiger partial charge < -0.3 is 15.4 Å². The average molecular weight is 420 g/mol. The first-order chi connectivity index (χ1) is 15.0. The van der Waals surface area contributed by atoms with Gasteiger partial charge in [-0.05, 0) is 54.7 Å². The van der Waals surface area contributed by atoms with Crippen LogP contribution in [0, 0.1) is 0 Å². The summed E-state index contributed by atoms with van der Waals surface area (Å²) >= 11 is 0. The van der Waals surface area contributed by atoms with Crippen molar-refractivity contribution in [2.24, 2.45) is 10.7 Å². The molecule has 164 valence electrons. The van der Waals surface area contributed by atoms with Gasteiger partial charge in [0.2, 0.25) is 5.91 Å². The topological polar surface area (TPSA) is 67.9 Å². The molecule has 1 heterocycles. The second kappa shape index (κ2) is 10.9. The normalized spacial score (nSPS) is 13.1. The van der Waals surface area contributed by atoms with E-state index < -0.39 is 0 Å².